The Kier molecular flexibility index (Phi) is 4.25. The Morgan fingerprint density at radius 1 is 1.42 bits per heavy atom. The van der Waals surface area contributed by atoms with Gasteiger partial charge in [0.05, 0.1) is 16.3 Å². The van der Waals surface area contributed by atoms with Crippen molar-refractivity contribution in [2.75, 3.05) is 11.4 Å². The van der Waals surface area contributed by atoms with Gasteiger partial charge in [0.2, 0.25) is 5.91 Å². The van der Waals surface area contributed by atoms with E-state index in [0.29, 0.717) is 18.1 Å². The van der Waals surface area contributed by atoms with Gasteiger partial charge in [-0.05, 0) is 35.4 Å². The summed E-state index contributed by atoms with van der Waals surface area (Å²) in [6, 6.07) is 16.1. The third kappa shape index (κ3) is 2.88. The zero-order valence-electron chi connectivity index (χ0n) is 14.0. The summed E-state index contributed by atoms with van der Waals surface area (Å²) in [4.78, 5) is 18.1. The van der Waals surface area contributed by atoms with Gasteiger partial charge in [-0.25, -0.2) is 4.98 Å². The maximum atomic E-state index is 12.1. The number of nitrogens with one attached hydrogen (secondary N) is 1. The van der Waals surface area contributed by atoms with E-state index in [1.165, 1.54) is 17.4 Å². The van der Waals surface area contributed by atoms with E-state index in [1.54, 1.807) is 4.90 Å². The highest BCUT2D eigenvalue weighted by Crippen LogP contribution is 2.35. The quantitative estimate of drug-likeness (QED) is 0.723. The number of amides is 1. The van der Waals surface area contributed by atoms with Gasteiger partial charge < -0.3 is 10.2 Å². The number of carbonyl (C=O) groups is 1. The molecule has 128 valence electrons. The Morgan fingerprint density at radius 3 is 3.08 bits per heavy atom. The molecule has 1 unspecified atom stereocenters. The van der Waals surface area contributed by atoms with Crippen LogP contribution in [0.5, 0.6) is 0 Å². The number of thiazole rings is 1. The van der Waals surface area contributed by atoms with Gasteiger partial charge in [0.25, 0.3) is 0 Å². The number of fused-ring (bicyclic) bond motifs is 2. The molecule has 2 heterocycles. The molecule has 3 aromatic rings. The van der Waals surface area contributed by atoms with E-state index in [2.05, 4.69) is 35.1 Å². The summed E-state index contributed by atoms with van der Waals surface area (Å²) >= 11 is 1.40. The number of rotatable bonds is 4. The van der Waals surface area contributed by atoms with Gasteiger partial charge in [-0.3, -0.25) is 4.79 Å². The van der Waals surface area contributed by atoms with Crippen LogP contribution in [-0.4, -0.2) is 17.4 Å². The van der Waals surface area contributed by atoms with E-state index in [0.717, 1.165) is 27.0 Å². The van der Waals surface area contributed by atoms with Gasteiger partial charge in [-0.2, -0.15) is 5.26 Å². The molecule has 0 saturated heterocycles. The zero-order chi connectivity index (χ0) is 18.1. The highest BCUT2D eigenvalue weighted by atomic mass is 32.1. The van der Waals surface area contributed by atoms with Gasteiger partial charge in [0, 0.05) is 18.8 Å². The summed E-state index contributed by atoms with van der Waals surface area (Å²) in [5, 5.41) is 13.0. The number of benzene rings is 2. The topological polar surface area (TPSA) is 69.0 Å². The number of aromatic nitrogens is 1. The molecule has 0 fully saturated rings. The second kappa shape index (κ2) is 6.71. The summed E-state index contributed by atoms with van der Waals surface area (Å²) in [6.07, 6.45) is 1.35. The lowest BCUT2D eigenvalue weighted by molar-refractivity contribution is -0.114. The molecule has 6 heteroatoms. The second-order valence-electron chi connectivity index (χ2n) is 6.08. The van der Waals surface area contributed by atoms with E-state index >= 15 is 0 Å². The third-order valence-corrected chi connectivity index (χ3v) is 5.43. The summed E-state index contributed by atoms with van der Waals surface area (Å²) in [6.45, 7) is 4.86. The van der Waals surface area contributed by atoms with Crippen molar-refractivity contribution in [3.8, 4) is 6.07 Å². The second-order valence-corrected chi connectivity index (χ2v) is 7.11. The van der Waals surface area contributed by atoms with Gasteiger partial charge >= 0.3 is 0 Å². The number of anilines is 1. The molecule has 0 spiro atoms. The molecule has 1 atom stereocenters. The van der Waals surface area contributed by atoms with Gasteiger partial charge in [-0.15, -0.1) is 11.3 Å². The predicted molar refractivity (Wildman–Crippen MR) is 103 cm³/mol. The highest BCUT2D eigenvalue weighted by Gasteiger charge is 2.30. The molecule has 0 radical (unpaired) electrons. The first-order chi connectivity index (χ1) is 12.7. The van der Waals surface area contributed by atoms with Crippen LogP contribution in [0.4, 0.5) is 5.69 Å². The molecular formula is C20H16N4OS. The average molecular weight is 360 g/mol. The van der Waals surface area contributed by atoms with Crippen molar-refractivity contribution in [2.24, 2.45) is 0 Å². The monoisotopic (exact) mass is 360 g/mol. The van der Waals surface area contributed by atoms with Crippen LogP contribution in [0.3, 0.4) is 0 Å². The normalized spacial score (nSPS) is 15.7. The van der Waals surface area contributed by atoms with Crippen molar-refractivity contribution >= 4 is 33.1 Å². The molecule has 5 nitrogen and oxygen atoms in total. The fourth-order valence-corrected chi connectivity index (χ4v) is 4.10. The van der Waals surface area contributed by atoms with E-state index in [9.17, 15) is 4.79 Å². The first kappa shape index (κ1) is 16.5. The molecule has 0 saturated carbocycles. The molecule has 1 aliphatic heterocycles. The van der Waals surface area contributed by atoms with Crippen molar-refractivity contribution in [2.45, 2.75) is 12.6 Å². The minimum Gasteiger partial charge on any atom is -0.307 e. The number of hydrogen-bond donors (Lipinski definition) is 1. The summed E-state index contributed by atoms with van der Waals surface area (Å²) in [7, 11) is 0. The maximum absolute atomic E-state index is 12.1. The van der Waals surface area contributed by atoms with E-state index < -0.39 is 0 Å². The molecule has 4 rings (SSSR count). The van der Waals surface area contributed by atoms with E-state index in [4.69, 9.17) is 5.26 Å². The Bertz CT molecular complexity index is 1050. The zero-order valence-corrected chi connectivity index (χ0v) is 14.8. The minimum atomic E-state index is -0.0862. The number of hydrogen-bond acceptors (Lipinski definition) is 5. The van der Waals surface area contributed by atoms with Crippen LogP contribution in [-0.2, 0) is 11.3 Å². The summed E-state index contributed by atoms with van der Waals surface area (Å²) < 4.78 is 1.01. The fraction of sp³-hybridized carbons (Fsp3) is 0.150. The standard InChI is InChI=1S/C20H16N4OS/c1-2-20(25)24-12-16(14-5-3-4-6-17(14)24)22-11-13-7-8-15-18(9-13)26-19(10-21)23-15/h2-9,16,22H,1,11-12H2. The van der Waals surface area contributed by atoms with Gasteiger partial charge in [0.15, 0.2) is 5.01 Å². The molecule has 1 aliphatic rings. The lowest BCUT2D eigenvalue weighted by Gasteiger charge is -2.16. The predicted octanol–water partition coefficient (Wildman–Crippen LogP) is 3.53. The van der Waals surface area contributed by atoms with Crippen molar-refractivity contribution < 1.29 is 4.79 Å². The van der Waals surface area contributed by atoms with Crippen molar-refractivity contribution in [3.63, 3.8) is 0 Å². The Labute approximate surface area is 155 Å². The molecule has 1 amide bonds. The number of nitrogens with zero attached hydrogens (tertiary/aromatic N) is 3. The Morgan fingerprint density at radius 2 is 2.27 bits per heavy atom. The van der Waals surface area contributed by atoms with Crippen molar-refractivity contribution in [3.05, 3.63) is 71.3 Å². The van der Waals surface area contributed by atoms with E-state index in [1.807, 2.05) is 30.3 Å². The first-order valence-electron chi connectivity index (χ1n) is 8.25. The highest BCUT2D eigenvalue weighted by molar-refractivity contribution is 7.19. The minimum absolute atomic E-state index is 0.0712. The van der Waals surface area contributed by atoms with E-state index in [-0.39, 0.29) is 11.9 Å². The fourth-order valence-electron chi connectivity index (χ4n) is 3.27. The SMILES string of the molecule is C=CC(=O)N1CC(NCc2ccc3nc(C#N)sc3c2)c2ccccc21. The maximum Gasteiger partial charge on any atom is 0.250 e. The largest absolute Gasteiger partial charge is 0.307 e. The van der Waals surface area contributed by atoms with Crippen LogP contribution in [0.25, 0.3) is 10.2 Å². The summed E-state index contributed by atoms with van der Waals surface area (Å²) in [5.41, 5.74) is 4.03. The number of carbonyl (C=O) groups excluding carboxylic acids is 1. The third-order valence-electron chi connectivity index (χ3n) is 4.51. The van der Waals surface area contributed by atoms with Gasteiger partial charge in [0.1, 0.15) is 6.07 Å². The van der Waals surface area contributed by atoms with Crippen LogP contribution < -0.4 is 10.2 Å². The Balaban J connectivity index is 1.54. The molecule has 0 bridgehead atoms. The number of nitriles is 1. The first-order valence-corrected chi connectivity index (χ1v) is 9.07. The van der Waals surface area contributed by atoms with Crippen LogP contribution in [0.2, 0.25) is 0 Å². The average Bonchev–Trinajstić information content (AvgIpc) is 3.26. The summed E-state index contributed by atoms with van der Waals surface area (Å²) in [5.74, 6) is -0.0862. The molecular weight excluding hydrogens is 344 g/mol. The molecule has 26 heavy (non-hydrogen) atoms. The Hall–Kier alpha value is -3.01. The number of para-hydroxylation sites is 1. The molecule has 1 aromatic heterocycles. The lowest BCUT2D eigenvalue weighted by Crippen LogP contribution is -2.31. The van der Waals surface area contributed by atoms with Crippen molar-refractivity contribution in [1.29, 1.82) is 5.26 Å². The van der Waals surface area contributed by atoms with Gasteiger partial charge in [-0.1, -0.05) is 30.8 Å². The molecule has 2 aromatic carbocycles. The van der Waals surface area contributed by atoms with Crippen molar-refractivity contribution in [1.82, 2.24) is 10.3 Å². The van der Waals surface area contributed by atoms with Crippen LogP contribution in [0.1, 0.15) is 22.2 Å². The smallest absolute Gasteiger partial charge is 0.250 e. The van der Waals surface area contributed by atoms with Crippen LogP contribution in [0, 0.1) is 11.3 Å². The van der Waals surface area contributed by atoms with Crippen LogP contribution in [0.15, 0.2) is 55.1 Å². The molecule has 1 N–H and O–H groups in total. The molecule has 0 aliphatic carbocycles. The van der Waals surface area contributed by atoms with Crippen LogP contribution >= 0.6 is 11.3 Å². The lowest BCUT2D eigenvalue weighted by atomic mass is 10.1.